The van der Waals surface area contributed by atoms with Crippen molar-refractivity contribution in [3.05, 3.63) is 47.5 Å². The average Bonchev–Trinajstić information content (AvgIpc) is 3.53. The first-order valence-corrected chi connectivity index (χ1v) is 12.2. The maximum atomic E-state index is 12.5. The number of rotatable bonds is 4. The smallest absolute Gasteiger partial charge is 0.410 e. The number of carbonyl (C=O) groups excluding carboxylic acids is 2. The van der Waals surface area contributed by atoms with E-state index in [1.54, 1.807) is 4.90 Å². The van der Waals surface area contributed by atoms with Gasteiger partial charge in [0.2, 0.25) is 0 Å². The van der Waals surface area contributed by atoms with E-state index in [1.165, 1.54) is 0 Å². The van der Waals surface area contributed by atoms with Gasteiger partial charge < -0.3 is 24.4 Å². The molecule has 0 radical (unpaired) electrons. The van der Waals surface area contributed by atoms with Gasteiger partial charge in [0.1, 0.15) is 5.60 Å². The molecule has 1 aliphatic carbocycles. The van der Waals surface area contributed by atoms with Gasteiger partial charge in [0.15, 0.2) is 11.4 Å². The molecule has 1 aliphatic heterocycles. The third-order valence-electron chi connectivity index (χ3n) is 6.41. The number of hydrogen-bond donors (Lipinski definition) is 1. The second-order valence-corrected chi connectivity index (χ2v) is 10.4. The molecular weight excluding hydrogens is 444 g/mol. The number of ether oxygens (including phenoxy) is 1. The van der Waals surface area contributed by atoms with Crippen molar-refractivity contribution in [3.63, 3.8) is 0 Å². The highest BCUT2D eigenvalue weighted by Crippen LogP contribution is 2.33. The van der Waals surface area contributed by atoms with Crippen LogP contribution in [0.3, 0.4) is 0 Å². The molecule has 35 heavy (non-hydrogen) atoms. The van der Waals surface area contributed by atoms with Crippen LogP contribution < -0.4 is 10.2 Å². The van der Waals surface area contributed by atoms with Gasteiger partial charge in [-0.15, -0.1) is 0 Å². The lowest BCUT2D eigenvalue weighted by atomic mass is 9.97. The normalized spacial score (nSPS) is 16.5. The molecule has 3 aromatic rings. The van der Waals surface area contributed by atoms with Crippen molar-refractivity contribution in [2.75, 3.05) is 31.1 Å². The number of hydrogen-bond acceptors (Lipinski definition) is 6. The van der Waals surface area contributed by atoms with Crippen molar-refractivity contribution >= 4 is 28.8 Å². The average molecular weight is 477 g/mol. The van der Waals surface area contributed by atoms with E-state index >= 15 is 0 Å². The molecule has 8 heteroatoms. The van der Waals surface area contributed by atoms with Gasteiger partial charge in [-0.25, -0.2) is 4.79 Å². The van der Waals surface area contributed by atoms with Crippen LogP contribution in [0.2, 0.25) is 0 Å². The van der Waals surface area contributed by atoms with E-state index in [0.29, 0.717) is 43.4 Å². The number of piperazine rings is 1. The van der Waals surface area contributed by atoms with Crippen LogP contribution in [0.4, 0.5) is 10.6 Å². The van der Waals surface area contributed by atoms with Crippen molar-refractivity contribution in [2.45, 2.75) is 52.2 Å². The Morgan fingerprint density at radius 2 is 1.80 bits per heavy atom. The predicted molar refractivity (Wildman–Crippen MR) is 135 cm³/mol. The van der Waals surface area contributed by atoms with Crippen molar-refractivity contribution in [2.24, 2.45) is 0 Å². The molecule has 2 aromatic carbocycles. The third-order valence-corrected chi connectivity index (χ3v) is 6.41. The zero-order chi connectivity index (χ0) is 24.7. The summed E-state index contributed by atoms with van der Waals surface area (Å²) in [6.07, 6.45) is 1.84. The Labute approximate surface area is 205 Å². The summed E-state index contributed by atoms with van der Waals surface area (Å²) in [7, 11) is 0. The molecule has 0 unspecified atom stereocenters. The number of anilines is 1. The summed E-state index contributed by atoms with van der Waals surface area (Å²) in [6, 6.07) is 12.2. The molecular formula is C27H32N4O4. The fraction of sp³-hybridized carbons (Fsp3) is 0.444. The lowest BCUT2D eigenvalue weighted by molar-refractivity contribution is 0.0240. The minimum atomic E-state index is -0.507. The van der Waals surface area contributed by atoms with E-state index in [2.05, 4.69) is 15.4 Å². The minimum absolute atomic E-state index is 0.0256. The van der Waals surface area contributed by atoms with Gasteiger partial charge in [-0.1, -0.05) is 17.3 Å². The second kappa shape index (κ2) is 8.91. The Balaban J connectivity index is 1.32. The van der Waals surface area contributed by atoms with Crippen LogP contribution in [0.25, 0.3) is 22.1 Å². The summed E-state index contributed by atoms with van der Waals surface area (Å²) in [4.78, 5) is 28.8. The van der Waals surface area contributed by atoms with E-state index in [-0.39, 0.29) is 12.0 Å². The molecule has 0 atom stereocenters. The molecule has 2 amide bonds. The summed E-state index contributed by atoms with van der Waals surface area (Å²) in [5.41, 5.74) is 3.92. The molecule has 8 nitrogen and oxygen atoms in total. The number of carbonyl (C=O) groups is 2. The van der Waals surface area contributed by atoms with Gasteiger partial charge in [0, 0.05) is 37.8 Å². The monoisotopic (exact) mass is 476 g/mol. The Morgan fingerprint density at radius 3 is 2.49 bits per heavy atom. The molecule has 2 heterocycles. The molecule has 1 N–H and O–H groups in total. The van der Waals surface area contributed by atoms with Crippen LogP contribution in [0.5, 0.6) is 0 Å². The van der Waals surface area contributed by atoms with Crippen LogP contribution in [0.15, 0.2) is 40.9 Å². The number of amides is 2. The van der Waals surface area contributed by atoms with Crippen LogP contribution in [0, 0.1) is 6.92 Å². The van der Waals surface area contributed by atoms with E-state index in [9.17, 15) is 9.59 Å². The molecule has 1 saturated heterocycles. The predicted octanol–water partition coefficient (Wildman–Crippen LogP) is 4.75. The summed E-state index contributed by atoms with van der Waals surface area (Å²) in [6.45, 7) is 10.1. The third kappa shape index (κ3) is 5.11. The van der Waals surface area contributed by atoms with Crippen LogP contribution in [-0.2, 0) is 4.74 Å². The first-order valence-electron chi connectivity index (χ1n) is 12.2. The van der Waals surface area contributed by atoms with Gasteiger partial charge in [0.25, 0.3) is 5.91 Å². The number of aryl methyl sites for hydroxylation is 1. The SMILES string of the molecule is Cc1ccc(C(=O)NC2CC2)cc1-c1ccc2c(N3CCN(C(=O)OC(C)(C)C)CC3)noc2c1. The van der Waals surface area contributed by atoms with Crippen molar-refractivity contribution < 1.29 is 18.8 Å². The molecule has 1 aromatic heterocycles. The molecule has 1 saturated carbocycles. The molecule has 0 bridgehead atoms. The summed E-state index contributed by atoms with van der Waals surface area (Å²) in [5.74, 6) is 0.756. The topological polar surface area (TPSA) is 87.9 Å². The number of fused-ring (bicyclic) bond motifs is 1. The van der Waals surface area contributed by atoms with Crippen LogP contribution >= 0.6 is 0 Å². The molecule has 2 fully saturated rings. The fourth-order valence-corrected chi connectivity index (χ4v) is 4.32. The van der Waals surface area contributed by atoms with Gasteiger partial charge in [-0.3, -0.25) is 4.79 Å². The molecule has 5 rings (SSSR count). The quantitative estimate of drug-likeness (QED) is 0.585. The number of nitrogens with one attached hydrogen (secondary N) is 1. The largest absolute Gasteiger partial charge is 0.444 e. The van der Waals surface area contributed by atoms with Crippen molar-refractivity contribution in [1.29, 1.82) is 0 Å². The van der Waals surface area contributed by atoms with Gasteiger partial charge >= 0.3 is 6.09 Å². The molecule has 0 spiro atoms. The van der Waals surface area contributed by atoms with E-state index < -0.39 is 5.60 Å². The van der Waals surface area contributed by atoms with E-state index in [0.717, 1.165) is 40.7 Å². The van der Waals surface area contributed by atoms with Gasteiger partial charge in [-0.05, 0) is 81.5 Å². The Morgan fingerprint density at radius 1 is 1.06 bits per heavy atom. The Bertz CT molecular complexity index is 1260. The lowest BCUT2D eigenvalue weighted by Crippen LogP contribution is -2.50. The zero-order valence-corrected chi connectivity index (χ0v) is 20.8. The second-order valence-electron chi connectivity index (χ2n) is 10.4. The van der Waals surface area contributed by atoms with Gasteiger partial charge in [-0.2, -0.15) is 0 Å². The minimum Gasteiger partial charge on any atom is -0.444 e. The highest BCUT2D eigenvalue weighted by molar-refractivity contribution is 5.97. The molecule has 2 aliphatic rings. The Hall–Kier alpha value is -3.55. The first-order chi connectivity index (χ1) is 16.7. The highest BCUT2D eigenvalue weighted by atomic mass is 16.6. The Kier molecular flexibility index (Phi) is 5.91. The van der Waals surface area contributed by atoms with Crippen LogP contribution in [-0.4, -0.2) is 59.9 Å². The summed E-state index contributed by atoms with van der Waals surface area (Å²) >= 11 is 0. The summed E-state index contributed by atoms with van der Waals surface area (Å²) in [5, 5.41) is 8.33. The number of aromatic nitrogens is 1. The van der Waals surface area contributed by atoms with Crippen molar-refractivity contribution in [3.8, 4) is 11.1 Å². The number of nitrogens with zero attached hydrogens (tertiary/aromatic N) is 3. The maximum Gasteiger partial charge on any atom is 0.410 e. The lowest BCUT2D eigenvalue weighted by Gasteiger charge is -2.35. The zero-order valence-electron chi connectivity index (χ0n) is 20.8. The highest BCUT2D eigenvalue weighted by Gasteiger charge is 2.28. The van der Waals surface area contributed by atoms with E-state index in [1.807, 2.05) is 64.1 Å². The summed E-state index contributed by atoms with van der Waals surface area (Å²) < 4.78 is 11.2. The van der Waals surface area contributed by atoms with Gasteiger partial charge in [0.05, 0.1) is 5.39 Å². The standard InChI is InChI=1S/C27H32N4O4/c1-17-5-6-19(25(32)28-20-8-9-20)15-22(17)18-7-10-21-23(16-18)35-29-24(21)30-11-13-31(14-12-30)26(33)34-27(2,3)4/h5-7,10,15-16,20H,8-9,11-14H2,1-4H3,(H,28,32). The molecule has 184 valence electrons. The van der Waals surface area contributed by atoms with Crippen molar-refractivity contribution in [1.82, 2.24) is 15.4 Å². The number of benzene rings is 2. The maximum absolute atomic E-state index is 12.5. The fourth-order valence-electron chi connectivity index (χ4n) is 4.32. The first kappa shape index (κ1) is 23.2. The van der Waals surface area contributed by atoms with E-state index in [4.69, 9.17) is 9.26 Å². The van der Waals surface area contributed by atoms with Crippen LogP contribution in [0.1, 0.15) is 49.5 Å².